The van der Waals surface area contributed by atoms with E-state index in [2.05, 4.69) is 4.72 Å². The molecular weight excluding hydrogens is 330 g/mol. The van der Waals surface area contributed by atoms with Crippen LogP contribution in [0.4, 0.5) is 5.69 Å². The van der Waals surface area contributed by atoms with E-state index in [-0.39, 0.29) is 27.7 Å². The molecule has 0 amide bonds. The van der Waals surface area contributed by atoms with Crippen LogP contribution in [0.5, 0.6) is 0 Å². The fourth-order valence-corrected chi connectivity index (χ4v) is 3.60. The summed E-state index contributed by atoms with van der Waals surface area (Å²) in [7, 11) is -3.97. The van der Waals surface area contributed by atoms with Crippen LogP contribution in [0.2, 0.25) is 5.02 Å². The third-order valence-electron chi connectivity index (χ3n) is 3.38. The maximum absolute atomic E-state index is 12.4. The van der Waals surface area contributed by atoms with Crippen molar-refractivity contribution in [2.75, 3.05) is 6.54 Å². The highest BCUT2D eigenvalue weighted by atomic mass is 35.5. The van der Waals surface area contributed by atoms with Crippen LogP contribution in [0.15, 0.2) is 17.0 Å². The molecule has 0 saturated heterocycles. The largest absolute Gasteiger partial charge is 0.329 e. The maximum Gasteiger partial charge on any atom is 0.275 e. The molecule has 0 radical (unpaired) electrons. The lowest BCUT2D eigenvalue weighted by Gasteiger charge is -2.30. The fourth-order valence-electron chi connectivity index (χ4n) is 1.82. The predicted molar refractivity (Wildman–Crippen MR) is 85.5 cm³/mol. The summed E-state index contributed by atoms with van der Waals surface area (Å²) in [5.41, 5.74) is 5.09. The molecule has 0 saturated carbocycles. The van der Waals surface area contributed by atoms with Crippen LogP contribution >= 0.6 is 11.6 Å². The third-order valence-corrected chi connectivity index (χ3v) is 5.22. The number of hydrogen-bond donors (Lipinski definition) is 2. The lowest BCUT2D eigenvalue weighted by Crippen LogP contribution is -2.48. The number of halogens is 1. The quantitative estimate of drug-likeness (QED) is 0.624. The molecule has 0 aliphatic heterocycles. The first-order valence-corrected chi connectivity index (χ1v) is 8.43. The van der Waals surface area contributed by atoms with Gasteiger partial charge in [-0.2, -0.15) is 0 Å². The fraction of sp³-hybridized carbons (Fsp3) is 0.538. The molecule has 0 fully saturated rings. The van der Waals surface area contributed by atoms with Gasteiger partial charge in [0.2, 0.25) is 10.0 Å². The van der Waals surface area contributed by atoms with Crippen molar-refractivity contribution < 1.29 is 13.3 Å². The minimum absolute atomic E-state index is 0.0228. The number of benzene rings is 1. The standard InChI is InChI=1S/C13H20ClN3O4S/c1-8-10(14)5-9(6-11(8)17(18)19)22(20,21)16-12(7-15)13(2,3)4/h5-6,12,16H,7,15H2,1-4H3. The minimum atomic E-state index is -3.97. The van der Waals surface area contributed by atoms with E-state index in [9.17, 15) is 18.5 Å². The second-order valence-corrected chi connectivity index (χ2v) is 8.20. The number of nitro benzene ring substituents is 1. The predicted octanol–water partition coefficient (Wildman–Crippen LogP) is 2.21. The van der Waals surface area contributed by atoms with Crippen LogP contribution in [0.25, 0.3) is 0 Å². The molecule has 1 aromatic carbocycles. The molecule has 124 valence electrons. The van der Waals surface area contributed by atoms with E-state index in [0.717, 1.165) is 6.07 Å². The molecule has 0 spiro atoms. The van der Waals surface area contributed by atoms with Crippen LogP contribution < -0.4 is 10.5 Å². The summed E-state index contributed by atoms with van der Waals surface area (Å²) in [5, 5.41) is 11.0. The van der Waals surface area contributed by atoms with Gasteiger partial charge in [0.25, 0.3) is 5.69 Å². The van der Waals surface area contributed by atoms with Gasteiger partial charge in [0.15, 0.2) is 0 Å². The second-order valence-electron chi connectivity index (χ2n) is 6.08. The van der Waals surface area contributed by atoms with Crippen molar-refractivity contribution >= 4 is 27.3 Å². The first kappa shape index (κ1) is 18.8. The average Bonchev–Trinajstić information content (AvgIpc) is 2.37. The molecule has 0 aromatic heterocycles. The summed E-state index contributed by atoms with van der Waals surface area (Å²) in [6.45, 7) is 7.10. The van der Waals surface area contributed by atoms with E-state index in [1.165, 1.54) is 13.0 Å². The Balaban J connectivity index is 3.32. The molecule has 0 heterocycles. The van der Waals surface area contributed by atoms with Gasteiger partial charge in [0.1, 0.15) is 0 Å². The Hall–Kier alpha value is -1.22. The van der Waals surface area contributed by atoms with E-state index in [1.807, 2.05) is 20.8 Å². The Morgan fingerprint density at radius 2 is 1.95 bits per heavy atom. The third kappa shape index (κ3) is 4.16. The molecule has 0 aliphatic carbocycles. The monoisotopic (exact) mass is 349 g/mol. The Morgan fingerprint density at radius 3 is 2.36 bits per heavy atom. The Morgan fingerprint density at radius 1 is 1.41 bits per heavy atom. The Kier molecular flexibility index (Phi) is 5.56. The maximum atomic E-state index is 12.4. The summed E-state index contributed by atoms with van der Waals surface area (Å²) >= 11 is 5.91. The Bertz CT molecular complexity index is 683. The molecule has 9 heteroatoms. The molecular formula is C13H20ClN3O4S. The number of hydrogen-bond acceptors (Lipinski definition) is 5. The SMILES string of the molecule is Cc1c(Cl)cc(S(=O)(=O)NC(CN)C(C)(C)C)cc1[N+](=O)[O-]. The lowest BCUT2D eigenvalue weighted by molar-refractivity contribution is -0.385. The Labute approximate surface area is 135 Å². The summed E-state index contributed by atoms with van der Waals surface area (Å²) in [4.78, 5) is 10.1. The van der Waals surface area contributed by atoms with Gasteiger partial charge < -0.3 is 5.73 Å². The number of nitrogens with two attached hydrogens (primary N) is 1. The molecule has 0 bridgehead atoms. The van der Waals surface area contributed by atoms with Gasteiger partial charge in [-0.05, 0) is 18.4 Å². The molecule has 7 nitrogen and oxygen atoms in total. The number of rotatable bonds is 5. The van der Waals surface area contributed by atoms with E-state index < -0.39 is 26.4 Å². The highest BCUT2D eigenvalue weighted by Gasteiger charge is 2.30. The summed E-state index contributed by atoms with van der Waals surface area (Å²) in [6.07, 6.45) is 0. The molecule has 1 rings (SSSR count). The van der Waals surface area contributed by atoms with Gasteiger partial charge >= 0.3 is 0 Å². The van der Waals surface area contributed by atoms with Gasteiger partial charge in [-0.3, -0.25) is 10.1 Å². The van der Waals surface area contributed by atoms with Crippen LogP contribution in [-0.2, 0) is 10.0 Å². The van der Waals surface area contributed by atoms with Crippen molar-refractivity contribution in [1.82, 2.24) is 4.72 Å². The number of sulfonamides is 1. The van der Waals surface area contributed by atoms with Gasteiger partial charge in [-0.25, -0.2) is 13.1 Å². The van der Waals surface area contributed by atoms with Gasteiger partial charge in [0.05, 0.1) is 14.8 Å². The number of nitrogens with one attached hydrogen (secondary N) is 1. The van der Waals surface area contributed by atoms with Crippen molar-refractivity contribution in [2.24, 2.45) is 11.1 Å². The van der Waals surface area contributed by atoms with E-state index >= 15 is 0 Å². The van der Waals surface area contributed by atoms with E-state index in [1.54, 1.807) is 0 Å². The molecule has 22 heavy (non-hydrogen) atoms. The zero-order valence-corrected chi connectivity index (χ0v) is 14.5. The van der Waals surface area contributed by atoms with Crippen LogP contribution in [-0.4, -0.2) is 25.9 Å². The van der Waals surface area contributed by atoms with Crippen LogP contribution in [0.1, 0.15) is 26.3 Å². The average molecular weight is 350 g/mol. The first-order chi connectivity index (χ1) is 9.90. The highest BCUT2D eigenvalue weighted by Crippen LogP contribution is 2.30. The van der Waals surface area contributed by atoms with Gasteiger partial charge in [0, 0.05) is 24.2 Å². The molecule has 0 aliphatic rings. The molecule has 1 unspecified atom stereocenters. The van der Waals surface area contributed by atoms with E-state index in [4.69, 9.17) is 17.3 Å². The van der Waals surface area contributed by atoms with E-state index in [0.29, 0.717) is 0 Å². The lowest BCUT2D eigenvalue weighted by atomic mass is 9.88. The van der Waals surface area contributed by atoms with Crippen molar-refractivity contribution in [3.63, 3.8) is 0 Å². The normalized spacial score (nSPS) is 13.9. The van der Waals surface area contributed by atoms with Crippen molar-refractivity contribution in [3.8, 4) is 0 Å². The first-order valence-electron chi connectivity index (χ1n) is 6.57. The van der Waals surface area contributed by atoms with Crippen molar-refractivity contribution in [2.45, 2.75) is 38.6 Å². The summed E-state index contributed by atoms with van der Waals surface area (Å²) < 4.78 is 27.4. The second kappa shape index (κ2) is 6.49. The summed E-state index contributed by atoms with van der Waals surface area (Å²) in [5.74, 6) is 0. The van der Waals surface area contributed by atoms with Crippen molar-refractivity contribution in [3.05, 3.63) is 32.8 Å². The number of nitrogens with zero attached hydrogens (tertiary/aromatic N) is 1. The smallest absolute Gasteiger partial charge is 0.275 e. The van der Waals surface area contributed by atoms with Gasteiger partial charge in [-0.15, -0.1) is 0 Å². The highest BCUT2D eigenvalue weighted by molar-refractivity contribution is 7.89. The zero-order chi connectivity index (χ0) is 17.3. The molecule has 3 N–H and O–H groups in total. The topological polar surface area (TPSA) is 115 Å². The number of nitro groups is 1. The van der Waals surface area contributed by atoms with Crippen LogP contribution in [0.3, 0.4) is 0 Å². The molecule has 1 atom stereocenters. The van der Waals surface area contributed by atoms with Crippen LogP contribution in [0, 0.1) is 22.5 Å². The molecule has 1 aromatic rings. The zero-order valence-electron chi connectivity index (χ0n) is 12.9. The minimum Gasteiger partial charge on any atom is -0.329 e. The van der Waals surface area contributed by atoms with Crippen molar-refractivity contribution in [1.29, 1.82) is 0 Å². The van der Waals surface area contributed by atoms with Gasteiger partial charge in [-0.1, -0.05) is 32.4 Å². The summed E-state index contributed by atoms with van der Waals surface area (Å²) in [6, 6.07) is 1.68.